The summed E-state index contributed by atoms with van der Waals surface area (Å²) in [6, 6.07) is 0. The van der Waals surface area contributed by atoms with Crippen molar-refractivity contribution in [1.82, 2.24) is 0 Å². The van der Waals surface area contributed by atoms with Gasteiger partial charge in [-0.1, -0.05) is 68.3 Å². The summed E-state index contributed by atoms with van der Waals surface area (Å²) < 4.78 is 0. The van der Waals surface area contributed by atoms with Crippen LogP contribution in [0.2, 0.25) is 0 Å². The number of unbranched alkanes of at least 4 members (excludes halogenated alkanes) is 3. The molecule has 0 spiro atoms. The van der Waals surface area contributed by atoms with Crippen molar-refractivity contribution >= 4 is 15.9 Å². The first-order valence-electron chi connectivity index (χ1n) is 7.42. The first-order chi connectivity index (χ1) is 7.77. The summed E-state index contributed by atoms with van der Waals surface area (Å²) in [6.07, 6.45) is 14.4. The fraction of sp³-hybridized carbons (Fsp3) is 1.00. The smallest absolute Gasteiger partial charge is 0.0174 e. The first-order valence-corrected chi connectivity index (χ1v) is 8.33. The highest BCUT2D eigenvalue weighted by molar-refractivity contribution is 9.09. The molecule has 0 heterocycles. The van der Waals surface area contributed by atoms with Gasteiger partial charge in [0, 0.05) is 4.83 Å². The zero-order valence-electron chi connectivity index (χ0n) is 11.2. The van der Waals surface area contributed by atoms with E-state index >= 15 is 0 Å². The summed E-state index contributed by atoms with van der Waals surface area (Å²) >= 11 is 3.90. The van der Waals surface area contributed by atoms with Crippen molar-refractivity contribution in [3.05, 3.63) is 0 Å². The van der Waals surface area contributed by atoms with Gasteiger partial charge in [-0.2, -0.15) is 0 Å². The van der Waals surface area contributed by atoms with Crippen LogP contribution < -0.4 is 0 Å². The molecule has 1 saturated carbocycles. The fourth-order valence-electron chi connectivity index (χ4n) is 3.13. The Labute approximate surface area is 111 Å². The Hall–Kier alpha value is 0.480. The zero-order valence-corrected chi connectivity index (χ0v) is 12.8. The molecule has 1 aliphatic rings. The number of alkyl halides is 1. The van der Waals surface area contributed by atoms with E-state index in [1.807, 2.05) is 0 Å². The molecule has 3 atom stereocenters. The van der Waals surface area contributed by atoms with Crippen LogP contribution in [0.3, 0.4) is 0 Å². The Morgan fingerprint density at radius 1 is 0.938 bits per heavy atom. The van der Waals surface area contributed by atoms with Gasteiger partial charge in [0.05, 0.1) is 0 Å². The predicted molar refractivity (Wildman–Crippen MR) is 77.2 cm³/mol. The fourth-order valence-corrected chi connectivity index (χ4v) is 3.87. The Kier molecular flexibility index (Phi) is 7.77. The highest BCUT2D eigenvalue weighted by atomic mass is 79.9. The van der Waals surface area contributed by atoms with Crippen LogP contribution in [-0.2, 0) is 0 Å². The minimum Gasteiger partial charge on any atom is -0.0888 e. The second-order valence-corrected chi connectivity index (χ2v) is 6.77. The topological polar surface area (TPSA) is 0 Å². The number of halogens is 1. The van der Waals surface area contributed by atoms with Crippen molar-refractivity contribution in [2.75, 3.05) is 0 Å². The molecule has 96 valence electrons. The summed E-state index contributed by atoms with van der Waals surface area (Å²) in [7, 11) is 0. The maximum Gasteiger partial charge on any atom is 0.0174 e. The quantitative estimate of drug-likeness (QED) is 0.402. The van der Waals surface area contributed by atoms with E-state index in [4.69, 9.17) is 0 Å². The molecule has 0 aromatic rings. The molecule has 0 amide bonds. The van der Waals surface area contributed by atoms with Crippen LogP contribution in [0.5, 0.6) is 0 Å². The lowest BCUT2D eigenvalue weighted by molar-refractivity contribution is 0.249. The minimum atomic E-state index is 0.822. The normalized spacial score (nSPS) is 30.6. The van der Waals surface area contributed by atoms with E-state index in [-0.39, 0.29) is 0 Å². The van der Waals surface area contributed by atoms with E-state index in [1.165, 1.54) is 64.2 Å². The number of hydrogen-bond acceptors (Lipinski definition) is 0. The van der Waals surface area contributed by atoms with E-state index in [1.54, 1.807) is 0 Å². The van der Waals surface area contributed by atoms with Crippen molar-refractivity contribution in [2.24, 2.45) is 11.8 Å². The maximum absolute atomic E-state index is 3.90. The van der Waals surface area contributed by atoms with Crippen molar-refractivity contribution in [1.29, 1.82) is 0 Å². The van der Waals surface area contributed by atoms with Crippen LogP contribution in [0.25, 0.3) is 0 Å². The van der Waals surface area contributed by atoms with Gasteiger partial charge in [0.25, 0.3) is 0 Å². The lowest BCUT2D eigenvalue weighted by Gasteiger charge is -2.33. The van der Waals surface area contributed by atoms with Gasteiger partial charge >= 0.3 is 0 Å². The van der Waals surface area contributed by atoms with E-state index in [2.05, 4.69) is 29.8 Å². The molecule has 0 aromatic heterocycles. The second-order valence-electron chi connectivity index (χ2n) is 5.59. The van der Waals surface area contributed by atoms with Gasteiger partial charge < -0.3 is 0 Å². The number of rotatable bonds is 7. The summed E-state index contributed by atoms with van der Waals surface area (Å²) in [5.74, 6) is 2.01. The van der Waals surface area contributed by atoms with Gasteiger partial charge in [-0.15, -0.1) is 0 Å². The van der Waals surface area contributed by atoms with Crippen molar-refractivity contribution in [3.8, 4) is 0 Å². The molecule has 1 rings (SSSR count). The minimum absolute atomic E-state index is 0.822. The van der Waals surface area contributed by atoms with Gasteiger partial charge in [0.2, 0.25) is 0 Å². The van der Waals surface area contributed by atoms with Crippen molar-refractivity contribution < 1.29 is 0 Å². The molecule has 0 N–H and O–H groups in total. The summed E-state index contributed by atoms with van der Waals surface area (Å²) in [5.41, 5.74) is 0. The molecule has 0 radical (unpaired) electrons. The predicted octanol–water partition coefficient (Wildman–Crippen LogP) is 5.94. The van der Waals surface area contributed by atoms with E-state index in [0.29, 0.717) is 0 Å². The first kappa shape index (κ1) is 14.5. The average Bonchev–Trinajstić information content (AvgIpc) is 2.29. The summed E-state index contributed by atoms with van der Waals surface area (Å²) in [4.78, 5) is 0.822. The third-order valence-electron chi connectivity index (χ3n) is 4.12. The Morgan fingerprint density at radius 3 is 2.44 bits per heavy atom. The SMILES string of the molecule is CCCCCCC1CC(CCC)CCC1Br. The van der Waals surface area contributed by atoms with Gasteiger partial charge in [-0.05, 0) is 37.5 Å². The molecular weight excluding hydrogens is 260 g/mol. The zero-order chi connectivity index (χ0) is 11.8. The standard InChI is InChI=1S/C15H29Br/c1-3-5-6-7-9-14-12-13(8-4-2)10-11-15(14)16/h13-15H,3-12H2,1-2H3. The van der Waals surface area contributed by atoms with Crippen molar-refractivity contribution in [3.63, 3.8) is 0 Å². The van der Waals surface area contributed by atoms with Crippen LogP contribution in [0.15, 0.2) is 0 Å². The second kappa shape index (κ2) is 8.55. The van der Waals surface area contributed by atoms with Gasteiger partial charge in [0.15, 0.2) is 0 Å². The van der Waals surface area contributed by atoms with Crippen LogP contribution in [-0.4, -0.2) is 4.83 Å². The highest BCUT2D eigenvalue weighted by Crippen LogP contribution is 2.38. The molecular formula is C15H29Br. The molecule has 3 unspecified atom stereocenters. The average molecular weight is 289 g/mol. The summed E-state index contributed by atoms with van der Waals surface area (Å²) in [6.45, 7) is 4.63. The molecule has 1 fully saturated rings. The third-order valence-corrected chi connectivity index (χ3v) is 5.33. The molecule has 0 aromatic carbocycles. The maximum atomic E-state index is 3.90. The Balaban J connectivity index is 2.21. The van der Waals surface area contributed by atoms with Gasteiger partial charge in [0.1, 0.15) is 0 Å². The molecule has 16 heavy (non-hydrogen) atoms. The highest BCUT2D eigenvalue weighted by Gasteiger charge is 2.27. The Morgan fingerprint density at radius 2 is 1.75 bits per heavy atom. The lowest BCUT2D eigenvalue weighted by Crippen LogP contribution is -2.25. The molecule has 0 saturated heterocycles. The largest absolute Gasteiger partial charge is 0.0888 e. The van der Waals surface area contributed by atoms with Crippen LogP contribution in [0.4, 0.5) is 0 Å². The summed E-state index contributed by atoms with van der Waals surface area (Å²) in [5, 5.41) is 0. The van der Waals surface area contributed by atoms with E-state index < -0.39 is 0 Å². The van der Waals surface area contributed by atoms with E-state index in [9.17, 15) is 0 Å². The number of hydrogen-bond donors (Lipinski definition) is 0. The molecule has 1 heteroatoms. The third kappa shape index (κ3) is 5.21. The van der Waals surface area contributed by atoms with Crippen molar-refractivity contribution in [2.45, 2.75) is 82.9 Å². The molecule has 0 aliphatic heterocycles. The van der Waals surface area contributed by atoms with Gasteiger partial charge in [-0.25, -0.2) is 0 Å². The lowest BCUT2D eigenvalue weighted by atomic mass is 9.77. The monoisotopic (exact) mass is 288 g/mol. The van der Waals surface area contributed by atoms with Crippen LogP contribution >= 0.6 is 15.9 Å². The van der Waals surface area contributed by atoms with Crippen LogP contribution in [0.1, 0.15) is 78.1 Å². The van der Waals surface area contributed by atoms with Gasteiger partial charge in [-0.3, -0.25) is 0 Å². The molecule has 0 bridgehead atoms. The van der Waals surface area contributed by atoms with E-state index in [0.717, 1.165) is 16.7 Å². The Bertz CT molecular complexity index is 167. The molecule has 0 nitrogen and oxygen atoms in total. The van der Waals surface area contributed by atoms with Crippen LogP contribution in [0, 0.1) is 11.8 Å². The molecule has 1 aliphatic carbocycles.